The van der Waals surface area contributed by atoms with Gasteiger partial charge in [0, 0.05) is 6.20 Å². The molecule has 11 heavy (non-hydrogen) atoms. The van der Waals surface area contributed by atoms with Crippen LogP contribution in [0.1, 0.15) is 19.0 Å². The number of aromatic nitrogens is 1. The maximum Gasteiger partial charge on any atom is 0.0632 e. The number of allylic oxidation sites excluding steroid dienone is 1. The first-order valence-corrected chi connectivity index (χ1v) is 4.27. The van der Waals surface area contributed by atoms with Crippen LogP contribution in [0.25, 0.3) is 6.08 Å². The molecule has 1 aromatic heterocycles. The van der Waals surface area contributed by atoms with Crippen molar-refractivity contribution in [3.05, 3.63) is 35.4 Å². The van der Waals surface area contributed by atoms with E-state index >= 15 is 0 Å². The molecule has 0 bridgehead atoms. The van der Waals surface area contributed by atoms with Crippen molar-refractivity contribution in [2.24, 2.45) is 0 Å². The molecule has 1 aromatic rings. The highest BCUT2D eigenvalue weighted by molar-refractivity contribution is 7.22. The molecule has 0 aliphatic rings. The molecule has 0 saturated heterocycles. The summed E-state index contributed by atoms with van der Waals surface area (Å²) in [5.41, 5.74) is 1.03. The molecule has 0 amide bonds. The number of hydrogen-bond donors (Lipinski definition) is 0. The van der Waals surface area contributed by atoms with Crippen LogP contribution in [-0.4, -0.2) is 4.98 Å². The zero-order chi connectivity index (χ0) is 8.10. The Balaban J connectivity index is 2.79. The van der Waals surface area contributed by atoms with Crippen molar-refractivity contribution < 1.29 is 0 Å². The smallest absolute Gasteiger partial charge is 0.0632 e. The van der Waals surface area contributed by atoms with Gasteiger partial charge in [0.25, 0.3) is 0 Å². The molecule has 1 nitrogen and oxygen atoms in total. The summed E-state index contributed by atoms with van der Waals surface area (Å²) in [5.74, 6) is 0. The number of nitrogens with zero attached hydrogens (tertiary/aromatic N) is 1. The van der Waals surface area contributed by atoms with Crippen LogP contribution >= 0.6 is 9.24 Å². The number of pyridine rings is 1. The normalized spacial score (nSPS) is 11.6. The summed E-state index contributed by atoms with van der Waals surface area (Å²) >= 11 is 0. The van der Waals surface area contributed by atoms with Crippen LogP contribution in [0, 0.1) is 0 Å². The van der Waals surface area contributed by atoms with E-state index in [2.05, 4.69) is 27.2 Å². The monoisotopic (exact) mass is 165 g/mol. The summed E-state index contributed by atoms with van der Waals surface area (Å²) in [5, 5.41) is 1.28. The Morgan fingerprint density at radius 2 is 2.45 bits per heavy atom. The van der Waals surface area contributed by atoms with Crippen molar-refractivity contribution in [3.63, 3.8) is 0 Å². The molecule has 2 heteroatoms. The van der Waals surface area contributed by atoms with E-state index in [9.17, 15) is 0 Å². The molecule has 0 fully saturated rings. The largest absolute Gasteiger partial charge is 0.257 e. The van der Waals surface area contributed by atoms with Gasteiger partial charge in [0.2, 0.25) is 0 Å². The van der Waals surface area contributed by atoms with E-state index in [1.165, 1.54) is 5.31 Å². The molecule has 1 unspecified atom stereocenters. The Morgan fingerprint density at radius 3 is 3.00 bits per heavy atom. The zero-order valence-electron chi connectivity index (χ0n) is 6.62. The van der Waals surface area contributed by atoms with E-state index < -0.39 is 0 Å². The fourth-order valence-electron chi connectivity index (χ4n) is 0.753. The molecule has 0 aromatic carbocycles. The summed E-state index contributed by atoms with van der Waals surface area (Å²) < 4.78 is 0. The predicted octanol–water partition coefficient (Wildman–Crippen LogP) is 2.71. The molecule has 1 atom stereocenters. The van der Waals surface area contributed by atoms with E-state index in [0.29, 0.717) is 0 Å². The highest BCUT2D eigenvalue weighted by Gasteiger charge is 1.87. The summed E-state index contributed by atoms with van der Waals surface area (Å²) in [7, 11) is 2.70. The lowest BCUT2D eigenvalue weighted by molar-refractivity contribution is 1.20. The highest BCUT2D eigenvalue weighted by Crippen LogP contribution is 2.13. The quantitative estimate of drug-likeness (QED) is 0.614. The van der Waals surface area contributed by atoms with Gasteiger partial charge in [-0.15, -0.1) is 9.24 Å². The Labute approximate surface area is 69.8 Å². The second-order valence-corrected chi connectivity index (χ2v) is 3.07. The molecular weight excluding hydrogens is 153 g/mol. The summed E-state index contributed by atoms with van der Waals surface area (Å²) in [6, 6.07) is 5.91. The van der Waals surface area contributed by atoms with Gasteiger partial charge in [0.1, 0.15) is 0 Å². The first kappa shape index (κ1) is 8.42. The van der Waals surface area contributed by atoms with Crippen molar-refractivity contribution in [1.29, 1.82) is 0 Å². The van der Waals surface area contributed by atoms with Crippen LogP contribution in [0.4, 0.5) is 0 Å². The third-order valence-corrected chi connectivity index (χ3v) is 2.00. The average Bonchev–Trinajstić information content (AvgIpc) is 2.06. The maximum atomic E-state index is 4.18. The third-order valence-electron chi connectivity index (χ3n) is 1.43. The van der Waals surface area contributed by atoms with Gasteiger partial charge < -0.3 is 0 Å². The van der Waals surface area contributed by atoms with Gasteiger partial charge in [-0.05, 0) is 24.6 Å². The van der Waals surface area contributed by atoms with Gasteiger partial charge in [0.15, 0.2) is 0 Å². The van der Waals surface area contributed by atoms with Crippen molar-refractivity contribution in [1.82, 2.24) is 4.98 Å². The lowest BCUT2D eigenvalue weighted by atomic mass is 10.3. The van der Waals surface area contributed by atoms with Crippen LogP contribution in [-0.2, 0) is 0 Å². The van der Waals surface area contributed by atoms with Crippen LogP contribution < -0.4 is 0 Å². The van der Waals surface area contributed by atoms with Gasteiger partial charge in [-0.1, -0.05) is 18.3 Å². The number of rotatable bonds is 2. The SMILES string of the molecule is CCC(P)=Cc1ccccn1. The lowest BCUT2D eigenvalue weighted by Gasteiger charge is -1.94. The zero-order valence-corrected chi connectivity index (χ0v) is 7.77. The predicted molar refractivity (Wildman–Crippen MR) is 52.2 cm³/mol. The Bertz CT molecular complexity index is 241. The van der Waals surface area contributed by atoms with Crippen LogP contribution in [0.2, 0.25) is 0 Å². The summed E-state index contributed by atoms with van der Waals surface area (Å²) in [4.78, 5) is 4.18. The molecule has 0 N–H and O–H groups in total. The first-order valence-electron chi connectivity index (χ1n) is 3.70. The van der Waals surface area contributed by atoms with E-state index in [1.807, 2.05) is 18.2 Å². The van der Waals surface area contributed by atoms with Crippen molar-refractivity contribution >= 4 is 15.3 Å². The van der Waals surface area contributed by atoms with Gasteiger partial charge in [0.05, 0.1) is 5.69 Å². The van der Waals surface area contributed by atoms with Gasteiger partial charge in [-0.2, -0.15) is 0 Å². The minimum absolute atomic E-state index is 1.03. The Hall–Kier alpha value is -0.680. The third kappa shape index (κ3) is 2.81. The van der Waals surface area contributed by atoms with Crippen LogP contribution in [0.3, 0.4) is 0 Å². The van der Waals surface area contributed by atoms with Crippen molar-refractivity contribution in [2.45, 2.75) is 13.3 Å². The van der Waals surface area contributed by atoms with Gasteiger partial charge >= 0.3 is 0 Å². The molecule has 58 valence electrons. The summed E-state index contributed by atoms with van der Waals surface area (Å²) in [6.45, 7) is 2.13. The minimum atomic E-state index is 1.03. The van der Waals surface area contributed by atoms with E-state index in [0.717, 1.165) is 12.1 Å². The fraction of sp³-hybridized carbons (Fsp3) is 0.222. The van der Waals surface area contributed by atoms with Crippen molar-refractivity contribution in [3.8, 4) is 0 Å². The molecule has 1 rings (SSSR count). The molecule has 0 saturated carbocycles. The molecular formula is C9H12NP. The fourth-order valence-corrected chi connectivity index (χ4v) is 0.924. The topological polar surface area (TPSA) is 12.9 Å². The standard InChI is InChI=1S/C9H12NP/c1-2-9(11)7-8-5-3-4-6-10-8/h3-7H,2,11H2,1H3. The minimum Gasteiger partial charge on any atom is -0.257 e. The Kier molecular flexibility index (Phi) is 3.25. The lowest BCUT2D eigenvalue weighted by Crippen LogP contribution is -1.77. The van der Waals surface area contributed by atoms with E-state index in [1.54, 1.807) is 6.20 Å². The second-order valence-electron chi connectivity index (χ2n) is 2.33. The van der Waals surface area contributed by atoms with Crippen LogP contribution in [0.5, 0.6) is 0 Å². The number of hydrogen-bond acceptors (Lipinski definition) is 1. The average molecular weight is 165 g/mol. The first-order chi connectivity index (χ1) is 5.33. The molecule has 0 aliphatic carbocycles. The molecule has 1 heterocycles. The summed E-state index contributed by atoms with van der Waals surface area (Å²) in [6.07, 6.45) is 4.94. The van der Waals surface area contributed by atoms with Gasteiger partial charge in [-0.25, -0.2) is 0 Å². The molecule has 0 spiro atoms. The van der Waals surface area contributed by atoms with Crippen LogP contribution in [0.15, 0.2) is 29.7 Å². The maximum absolute atomic E-state index is 4.18. The molecule has 0 radical (unpaired) electrons. The van der Waals surface area contributed by atoms with Gasteiger partial charge in [-0.3, -0.25) is 4.98 Å². The highest BCUT2D eigenvalue weighted by atomic mass is 31.0. The second kappa shape index (κ2) is 4.25. The Morgan fingerprint density at radius 1 is 1.64 bits per heavy atom. The molecule has 0 aliphatic heterocycles. The van der Waals surface area contributed by atoms with Crippen molar-refractivity contribution in [2.75, 3.05) is 0 Å². The van der Waals surface area contributed by atoms with E-state index in [4.69, 9.17) is 0 Å². The van der Waals surface area contributed by atoms with E-state index in [-0.39, 0.29) is 0 Å².